The average molecular weight is 295 g/mol. The maximum atomic E-state index is 4.46. The van der Waals surface area contributed by atoms with Crippen molar-refractivity contribution < 1.29 is 0 Å². The van der Waals surface area contributed by atoms with Crippen LogP contribution in [0.3, 0.4) is 0 Å². The lowest BCUT2D eigenvalue weighted by Crippen LogP contribution is -2.04. The van der Waals surface area contributed by atoms with Gasteiger partial charge in [-0.1, -0.05) is 13.3 Å². The monoisotopic (exact) mass is 294 g/mol. The van der Waals surface area contributed by atoms with Crippen LogP contribution in [0.5, 0.6) is 0 Å². The van der Waals surface area contributed by atoms with Crippen molar-refractivity contribution in [3.63, 3.8) is 0 Å². The molecule has 0 fully saturated rings. The lowest BCUT2D eigenvalue weighted by atomic mass is 10.2. The number of nitrogens with zero attached hydrogens (tertiary/aromatic N) is 4. The Morgan fingerprint density at radius 1 is 1.29 bits per heavy atom. The van der Waals surface area contributed by atoms with Gasteiger partial charge in [0.05, 0.1) is 15.9 Å². The fourth-order valence-electron chi connectivity index (χ4n) is 1.74. The summed E-state index contributed by atoms with van der Waals surface area (Å²) < 4.78 is 2.88. The van der Waals surface area contributed by atoms with E-state index in [1.165, 1.54) is 0 Å². The van der Waals surface area contributed by atoms with Crippen molar-refractivity contribution in [1.29, 1.82) is 0 Å². The molecule has 2 aromatic rings. The molecule has 0 unspecified atom stereocenters. The van der Waals surface area contributed by atoms with Gasteiger partial charge in [0.15, 0.2) is 5.82 Å². The highest BCUT2D eigenvalue weighted by atomic mass is 79.9. The third kappa shape index (κ3) is 2.39. The van der Waals surface area contributed by atoms with Crippen molar-refractivity contribution in [3.05, 3.63) is 33.9 Å². The predicted octanol–water partition coefficient (Wildman–Crippen LogP) is 2.99. The second-order valence-electron chi connectivity index (χ2n) is 4.01. The van der Waals surface area contributed by atoms with Gasteiger partial charge in [-0.25, -0.2) is 14.6 Å². The summed E-state index contributed by atoms with van der Waals surface area (Å²) in [5.41, 5.74) is 3.09. The number of hydrogen-bond acceptors (Lipinski definition) is 3. The SMILES string of the molecule is CCCc1cc(-n2nc(C)c(Br)c2C)ncn1. The summed E-state index contributed by atoms with van der Waals surface area (Å²) in [6.07, 6.45) is 3.65. The lowest BCUT2D eigenvalue weighted by Gasteiger charge is -2.04. The second-order valence-corrected chi connectivity index (χ2v) is 4.81. The van der Waals surface area contributed by atoms with Crippen LogP contribution in [0.25, 0.3) is 5.82 Å². The van der Waals surface area contributed by atoms with Gasteiger partial charge in [0.1, 0.15) is 6.33 Å². The third-order valence-corrected chi connectivity index (χ3v) is 3.78. The Hall–Kier alpha value is -1.23. The maximum Gasteiger partial charge on any atom is 0.157 e. The molecule has 5 heteroatoms. The Bertz CT molecular complexity index is 533. The standard InChI is InChI=1S/C12H15BrN4/c1-4-5-10-6-11(15-7-14-10)17-9(3)12(13)8(2)16-17/h6-7H,4-5H2,1-3H3. The minimum Gasteiger partial charge on any atom is -0.241 e. The number of hydrogen-bond donors (Lipinski definition) is 0. The average Bonchev–Trinajstić information content (AvgIpc) is 2.58. The maximum absolute atomic E-state index is 4.46. The Morgan fingerprint density at radius 2 is 2.06 bits per heavy atom. The summed E-state index contributed by atoms with van der Waals surface area (Å²) in [6, 6.07) is 2.00. The first kappa shape index (κ1) is 12.2. The lowest BCUT2D eigenvalue weighted by molar-refractivity contribution is 0.785. The summed E-state index contributed by atoms with van der Waals surface area (Å²) >= 11 is 3.52. The smallest absolute Gasteiger partial charge is 0.157 e. The van der Waals surface area contributed by atoms with E-state index in [4.69, 9.17) is 0 Å². The minimum absolute atomic E-state index is 0.828. The largest absolute Gasteiger partial charge is 0.241 e. The van der Waals surface area contributed by atoms with Crippen molar-refractivity contribution in [2.45, 2.75) is 33.6 Å². The van der Waals surface area contributed by atoms with E-state index < -0.39 is 0 Å². The van der Waals surface area contributed by atoms with E-state index in [1.807, 2.05) is 24.6 Å². The summed E-state index contributed by atoms with van der Waals surface area (Å²) in [5.74, 6) is 0.828. The molecule has 0 N–H and O–H groups in total. The van der Waals surface area contributed by atoms with E-state index in [0.29, 0.717) is 0 Å². The quantitative estimate of drug-likeness (QED) is 0.874. The molecule has 0 amide bonds. The molecule has 0 aliphatic heterocycles. The van der Waals surface area contributed by atoms with Gasteiger partial charge in [-0.15, -0.1) is 0 Å². The molecule has 17 heavy (non-hydrogen) atoms. The molecule has 0 saturated carbocycles. The fourth-order valence-corrected chi connectivity index (χ4v) is 1.99. The van der Waals surface area contributed by atoms with Gasteiger partial charge in [-0.2, -0.15) is 5.10 Å². The van der Waals surface area contributed by atoms with Crippen LogP contribution in [0.4, 0.5) is 0 Å². The Morgan fingerprint density at radius 3 is 2.65 bits per heavy atom. The first-order chi connectivity index (χ1) is 8.13. The molecule has 90 valence electrons. The van der Waals surface area contributed by atoms with Gasteiger partial charge in [0.25, 0.3) is 0 Å². The highest BCUT2D eigenvalue weighted by molar-refractivity contribution is 9.10. The zero-order chi connectivity index (χ0) is 12.4. The number of halogens is 1. The van der Waals surface area contributed by atoms with Gasteiger partial charge in [-0.05, 0) is 36.2 Å². The molecule has 2 rings (SSSR count). The van der Waals surface area contributed by atoms with E-state index in [1.54, 1.807) is 6.33 Å². The molecule has 0 spiro atoms. The fraction of sp³-hybridized carbons (Fsp3) is 0.417. The number of rotatable bonds is 3. The zero-order valence-corrected chi connectivity index (χ0v) is 11.8. The molecule has 2 heterocycles. The van der Waals surface area contributed by atoms with Gasteiger partial charge in [0, 0.05) is 11.8 Å². The summed E-state index contributed by atoms with van der Waals surface area (Å²) in [7, 11) is 0. The first-order valence-corrected chi connectivity index (χ1v) is 6.45. The number of aromatic nitrogens is 4. The first-order valence-electron chi connectivity index (χ1n) is 5.66. The molecule has 0 aliphatic rings. The topological polar surface area (TPSA) is 43.6 Å². The van der Waals surface area contributed by atoms with Crippen LogP contribution in [-0.2, 0) is 6.42 Å². The van der Waals surface area contributed by atoms with Crippen LogP contribution in [0, 0.1) is 13.8 Å². The molecule has 0 aromatic carbocycles. The molecule has 2 aromatic heterocycles. The molecule has 0 aliphatic carbocycles. The van der Waals surface area contributed by atoms with Crippen LogP contribution in [0.2, 0.25) is 0 Å². The van der Waals surface area contributed by atoms with Crippen LogP contribution < -0.4 is 0 Å². The van der Waals surface area contributed by atoms with Crippen molar-refractivity contribution in [2.24, 2.45) is 0 Å². The van der Waals surface area contributed by atoms with Gasteiger partial charge < -0.3 is 0 Å². The number of aryl methyl sites for hydroxylation is 2. The summed E-state index contributed by atoms with van der Waals surface area (Å²) in [6.45, 7) is 6.13. The second kappa shape index (κ2) is 4.96. The van der Waals surface area contributed by atoms with E-state index in [9.17, 15) is 0 Å². The van der Waals surface area contributed by atoms with Gasteiger partial charge >= 0.3 is 0 Å². The van der Waals surface area contributed by atoms with Crippen LogP contribution in [0.1, 0.15) is 30.4 Å². The van der Waals surface area contributed by atoms with E-state index in [2.05, 4.69) is 37.9 Å². The minimum atomic E-state index is 0.828. The van der Waals surface area contributed by atoms with Crippen molar-refractivity contribution in [3.8, 4) is 5.82 Å². The Kier molecular flexibility index (Phi) is 3.57. The molecule has 0 bridgehead atoms. The molecule has 0 radical (unpaired) electrons. The van der Waals surface area contributed by atoms with E-state index >= 15 is 0 Å². The van der Waals surface area contributed by atoms with Gasteiger partial charge in [0.2, 0.25) is 0 Å². The Balaban J connectivity index is 2.45. The third-order valence-electron chi connectivity index (χ3n) is 2.64. The molecule has 4 nitrogen and oxygen atoms in total. The molecular formula is C12H15BrN4. The van der Waals surface area contributed by atoms with Gasteiger partial charge in [-0.3, -0.25) is 0 Å². The van der Waals surface area contributed by atoms with E-state index in [0.717, 1.165) is 40.2 Å². The molecule has 0 atom stereocenters. The van der Waals surface area contributed by atoms with Crippen molar-refractivity contribution >= 4 is 15.9 Å². The molecule has 0 saturated heterocycles. The molecular weight excluding hydrogens is 280 g/mol. The van der Waals surface area contributed by atoms with Crippen molar-refractivity contribution in [2.75, 3.05) is 0 Å². The summed E-state index contributed by atoms with van der Waals surface area (Å²) in [5, 5.41) is 4.46. The van der Waals surface area contributed by atoms with E-state index in [-0.39, 0.29) is 0 Å². The zero-order valence-electron chi connectivity index (χ0n) is 10.2. The van der Waals surface area contributed by atoms with Crippen LogP contribution in [0.15, 0.2) is 16.9 Å². The normalized spacial score (nSPS) is 10.8. The highest BCUT2D eigenvalue weighted by Gasteiger charge is 2.11. The van der Waals surface area contributed by atoms with Crippen LogP contribution >= 0.6 is 15.9 Å². The summed E-state index contributed by atoms with van der Waals surface area (Å²) in [4.78, 5) is 8.53. The van der Waals surface area contributed by atoms with Crippen LogP contribution in [-0.4, -0.2) is 19.7 Å². The Labute approximate surface area is 109 Å². The highest BCUT2D eigenvalue weighted by Crippen LogP contribution is 2.22. The predicted molar refractivity (Wildman–Crippen MR) is 70.3 cm³/mol. The van der Waals surface area contributed by atoms with Crippen molar-refractivity contribution in [1.82, 2.24) is 19.7 Å².